The van der Waals surface area contributed by atoms with Crippen LogP contribution in [0.25, 0.3) is 0 Å². The summed E-state index contributed by atoms with van der Waals surface area (Å²) in [4.78, 5) is 14.3. The van der Waals surface area contributed by atoms with Gasteiger partial charge in [0.1, 0.15) is 18.1 Å². The predicted molar refractivity (Wildman–Crippen MR) is 107 cm³/mol. The second kappa shape index (κ2) is 7.20. The number of rotatable bonds is 5. The van der Waals surface area contributed by atoms with Gasteiger partial charge in [-0.1, -0.05) is 24.6 Å². The van der Waals surface area contributed by atoms with Crippen LogP contribution in [0.2, 0.25) is 0 Å². The molecule has 0 radical (unpaired) electrons. The number of ether oxygens (including phenoxy) is 2. The minimum Gasteiger partial charge on any atom is -0.496 e. The molecule has 1 fully saturated rings. The summed E-state index contributed by atoms with van der Waals surface area (Å²) in [5.41, 5.74) is 5.40. The molecule has 1 saturated heterocycles. The Labute approximate surface area is 160 Å². The molecule has 1 aliphatic heterocycles. The van der Waals surface area contributed by atoms with Crippen LogP contribution in [0.3, 0.4) is 0 Å². The zero-order valence-corrected chi connectivity index (χ0v) is 16.1. The third kappa shape index (κ3) is 3.17. The quantitative estimate of drug-likeness (QED) is 0.453. The molecule has 4 heteroatoms. The Morgan fingerprint density at radius 2 is 1.89 bits per heavy atom. The third-order valence-electron chi connectivity index (χ3n) is 5.02. The number of methoxy groups -OCH3 is 1. The number of anilines is 1. The van der Waals surface area contributed by atoms with Crippen LogP contribution in [0.1, 0.15) is 28.3 Å². The summed E-state index contributed by atoms with van der Waals surface area (Å²) in [6.07, 6.45) is 5.30. The van der Waals surface area contributed by atoms with E-state index in [1.807, 2.05) is 51.1 Å². The monoisotopic (exact) mass is 361 g/mol. The lowest BCUT2D eigenvalue weighted by Crippen LogP contribution is -2.48. The van der Waals surface area contributed by atoms with Crippen molar-refractivity contribution in [3.05, 3.63) is 64.7 Å². The minimum atomic E-state index is -0.238. The zero-order valence-electron chi connectivity index (χ0n) is 16.1. The fourth-order valence-corrected chi connectivity index (χ4v) is 3.32. The summed E-state index contributed by atoms with van der Waals surface area (Å²) in [5.74, 6) is 3.87. The Kier molecular flexibility index (Phi) is 4.96. The first-order valence-corrected chi connectivity index (χ1v) is 8.73. The molecule has 1 aliphatic rings. The minimum absolute atomic E-state index is 0.0861. The second-order valence-electron chi connectivity index (χ2n) is 6.71. The molecule has 3 rings (SSSR count). The molecule has 0 aliphatic carbocycles. The van der Waals surface area contributed by atoms with E-state index in [4.69, 9.17) is 15.9 Å². The lowest BCUT2D eigenvalue weighted by atomic mass is 9.87. The zero-order chi connectivity index (χ0) is 19.7. The molecular weight excluding hydrogens is 338 g/mol. The van der Waals surface area contributed by atoms with Crippen LogP contribution in [-0.2, 0) is 4.79 Å². The first-order chi connectivity index (χ1) is 12.9. The van der Waals surface area contributed by atoms with Gasteiger partial charge in [0.05, 0.1) is 13.2 Å². The molecule has 1 atom stereocenters. The molecule has 27 heavy (non-hydrogen) atoms. The molecule has 4 nitrogen and oxygen atoms in total. The number of terminal acetylenes is 1. The molecule has 1 heterocycles. The van der Waals surface area contributed by atoms with E-state index in [1.54, 1.807) is 12.0 Å². The van der Waals surface area contributed by atoms with Crippen molar-refractivity contribution in [2.45, 2.75) is 26.8 Å². The van der Waals surface area contributed by atoms with Crippen LogP contribution in [0.4, 0.5) is 5.69 Å². The number of hydrogen-bond donors (Lipinski definition) is 0. The Morgan fingerprint density at radius 3 is 2.56 bits per heavy atom. The number of nitrogens with zero attached hydrogens (tertiary/aromatic N) is 1. The van der Waals surface area contributed by atoms with Gasteiger partial charge in [-0.15, -0.1) is 6.42 Å². The van der Waals surface area contributed by atoms with E-state index < -0.39 is 0 Å². The highest BCUT2D eigenvalue weighted by molar-refractivity contribution is 6.15. The third-order valence-corrected chi connectivity index (χ3v) is 5.02. The van der Waals surface area contributed by atoms with Gasteiger partial charge in [0.15, 0.2) is 0 Å². The van der Waals surface area contributed by atoms with Crippen LogP contribution in [0.15, 0.2) is 42.5 Å². The fourth-order valence-electron chi connectivity index (χ4n) is 3.32. The van der Waals surface area contributed by atoms with E-state index in [2.05, 4.69) is 12.5 Å². The van der Waals surface area contributed by atoms with Crippen molar-refractivity contribution in [3.8, 4) is 23.8 Å². The predicted octanol–water partition coefficient (Wildman–Crippen LogP) is 4.28. The van der Waals surface area contributed by atoms with Crippen LogP contribution in [0.5, 0.6) is 11.5 Å². The van der Waals surface area contributed by atoms with E-state index in [1.165, 1.54) is 0 Å². The number of benzene rings is 2. The molecule has 2 aromatic carbocycles. The van der Waals surface area contributed by atoms with Crippen LogP contribution >= 0.6 is 0 Å². The molecule has 138 valence electrons. The van der Waals surface area contributed by atoms with Gasteiger partial charge in [0.25, 0.3) is 5.91 Å². The Balaban J connectivity index is 2.01. The molecule has 0 unspecified atom stereocenters. The van der Waals surface area contributed by atoms with E-state index in [0.717, 1.165) is 39.4 Å². The fraction of sp³-hybridized carbons (Fsp3) is 0.261. The van der Waals surface area contributed by atoms with Gasteiger partial charge in [0, 0.05) is 17.3 Å². The molecular formula is C23H23NO3. The van der Waals surface area contributed by atoms with Gasteiger partial charge < -0.3 is 9.47 Å². The number of aryl methyl sites for hydroxylation is 2. The summed E-state index contributed by atoms with van der Waals surface area (Å²) in [7, 11) is 1.63. The van der Waals surface area contributed by atoms with E-state index in [0.29, 0.717) is 5.57 Å². The van der Waals surface area contributed by atoms with E-state index in [-0.39, 0.29) is 18.6 Å². The highest BCUT2D eigenvalue weighted by Crippen LogP contribution is 2.44. The largest absolute Gasteiger partial charge is 0.496 e. The number of amides is 1. The van der Waals surface area contributed by atoms with Gasteiger partial charge in [0.2, 0.25) is 0 Å². The lowest BCUT2D eigenvalue weighted by molar-refractivity contribution is -0.118. The van der Waals surface area contributed by atoms with Crippen molar-refractivity contribution in [3.63, 3.8) is 0 Å². The summed E-state index contributed by atoms with van der Waals surface area (Å²) >= 11 is 0. The molecule has 0 saturated carbocycles. The topological polar surface area (TPSA) is 38.8 Å². The van der Waals surface area contributed by atoms with Gasteiger partial charge in [-0.3, -0.25) is 9.69 Å². The number of β-lactam (4-membered cyclic amide) rings is 1. The van der Waals surface area contributed by atoms with E-state index in [9.17, 15) is 4.79 Å². The molecule has 0 N–H and O–H groups in total. The highest BCUT2D eigenvalue weighted by atomic mass is 16.5. The van der Waals surface area contributed by atoms with Crippen LogP contribution in [-0.4, -0.2) is 19.6 Å². The van der Waals surface area contributed by atoms with Gasteiger partial charge in [-0.2, -0.15) is 0 Å². The van der Waals surface area contributed by atoms with Gasteiger partial charge in [-0.05, 0) is 55.2 Å². The molecule has 2 aromatic rings. The van der Waals surface area contributed by atoms with Crippen molar-refractivity contribution in [1.29, 1.82) is 0 Å². The second-order valence-corrected chi connectivity index (χ2v) is 6.71. The summed E-state index contributed by atoms with van der Waals surface area (Å²) in [6, 6.07) is 9.54. The average molecular weight is 361 g/mol. The number of carbonyl (C=O) groups excluding carboxylic acids is 1. The van der Waals surface area contributed by atoms with Gasteiger partial charge in [-0.25, -0.2) is 0 Å². The average Bonchev–Trinajstić information content (AvgIpc) is 2.67. The maximum Gasteiger partial charge on any atom is 0.256 e. The molecule has 1 amide bonds. The van der Waals surface area contributed by atoms with Gasteiger partial charge >= 0.3 is 0 Å². The lowest BCUT2D eigenvalue weighted by Gasteiger charge is -2.43. The van der Waals surface area contributed by atoms with Crippen molar-refractivity contribution < 1.29 is 14.3 Å². The summed E-state index contributed by atoms with van der Waals surface area (Å²) < 4.78 is 11.1. The first-order valence-electron chi connectivity index (χ1n) is 8.73. The van der Waals surface area contributed by atoms with Crippen molar-refractivity contribution in [2.24, 2.45) is 0 Å². The maximum absolute atomic E-state index is 12.6. The Bertz CT molecular complexity index is 968. The summed E-state index contributed by atoms with van der Waals surface area (Å²) in [5, 5.41) is 0. The standard InChI is InChI=1S/C23H23NO3/c1-7-10-27-20-12-18(9-8-14(20)2)22-17(5)23(25)24(22)19-11-15(3)16(4)21(13-19)26-6/h1,8-9,11-13,22H,5,10H2,2-4,6H3/t22-/m1/s1. The highest BCUT2D eigenvalue weighted by Gasteiger charge is 2.43. The smallest absolute Gasteiger partial charge is 0.256 e. The summed E-state index contributed by atoms with van der Waals surface area (Å²) in [6.45, 7) is 10.1. The van der Waals surface area contributed by atoms with E-state index >= 15 is 0 Å². The molecule has 0 bridgehead atoms. The SMILES string of the molecule is C#CCOc1cc([C@H]2C(=C)C(=O)N2c2cc(C)c(C)c(OC)c2)ccc1C. The Morgan fingerprint density at radius 1 is 1.15 bits per heavy atom. The normalized spacial score (nSPS) is 16.0. The van der Waals surface area contributed by atoms with Crippen LogP contribution < -0.4 is 14.4 Å². The molecule has 0 aromatic heterocycles. The number of carbonyl (C=O) groups is 1. The van der Waals surface area contributed by atoms with Crippen molar-refractivity contribution >= 4 is 11.6 Å². The van der Waals surface area contributed by atoms with Crippen molar-refractivity contribution in [1.82, 2.24) is 0 Å². The van der Waals surface area contributed by atoms with Crippen LogP contribution in [0, 0.1) is 33.1 Å². The van der Waals surface area contributed by atoms with Crippen molar-refractivity contribution in [2.75, 3.05) is 18.6 Å². The first kappa shape index (κ1) is 18.6. The number of hydrogen-bond acceptors (Lipinski definition) is 3. The maximum atomic E-state index is 12.6. The molecule has 0 spiro atoms. The Hall–Kier alpha value is -3.19.